The molecule has 0 saturated carbocycles. The van der Waals surface area contributed by atoms with Crippen LogP contribution in [0.3, 0.4) is 0 Å². The number of aryl methyl sites for hydroxylation is 2. The fourth-order valence-electron chi connectivity index (χ4n) is 4.80. The first-order chi connectivity index (χ1) is 20.2. The van der Waals surface area contributed by atoms with E-state index in [9.17, 15) is 26.4 Å². The van der Waals surface area contributed by atoms with E-state index < -0.39 is 33.6 Å². The molecule has 1 atom stereocenters. The number of alkyl halides is 3. The van der Waals surface area contributed by atoms with E-state index in [-0.39, 0.29) is 34.4 Å². The van der Waals surface area contributed by atoms with E-state index in [1.165, 1.54) is 48.5 Å². The second kappa shape index (κ2) is 11.0. The molecule has 12 heteroatoms. The summed E-state index contributed by atoms with van der Waals surface area (Å²) in [6, 6.07) is 18.5. The molecule has 0 radical (unpaired) electrons. The van der Waals surface area contributed by atoms with Gasteiger partial charge in [-0.3, -0.25) is 4.79 Å². The lowest BCUT2D eigenvalue weighted by molar-refractivity contribution is -0.180. The van der Waals surface area contributed by atoms with Gasteiger partial charge in [-0.1, -0.05) is 48.5 Å². The van der Waals surface area contributed by atoms with Gasteiger partial charge in [-0.05, 0) is 68.1 Å². The third-order valence-electron chi connectivity index (χ3n) is 7.50. The Morgan fingerprint density at radius 2 is 1.56 bits per heavy atom. The Balaban J connectivity index is 1.64. The number of nitrogens with one attached hydrogen (secondary N) is 2. The zero-order valence-corrected chi connectivity index (χ0v) is 24.6. The van der Waals surface area contributed by atoms with Crippen molar-refractivity contribution in [1.29, 1.82) is 0 Å². The van der Waals surface area contributed by atoms with Gasteiger partial charge in [0, 0.05) is 17.2 Å². The Morgan fingerprint density at radius 1 is 0.907 bits per heavy atom. The van der Waals surface area contributed by atoms with E-state index in [1.807, 2.05) is 32.0 Å². The van der Waals surface area contributed by atoms with E-state index in [1.54, 1.807) is 6.07 Å². The van der Waals surface area contributed by atoms with Crippen LogP contribution in [-0.2, 0) is 15.4 Å². The predicted octanol–water partition coefficient (Wildman–Crippen LogP) is 6.26. The van der Waals surface area contributed by atoms with Crippen molar-refractivity contribution in [3.63, 3.8) is 0 Å². The molecule has 0 fully saturated rings. The Kier molecular flexibility index (Phi) is 7.68. The number of halogens is 3. The molecule has 0 unspecified atom stereocenters. The topological polar surface area (TPSA) is 110 Å². The maximum atomic E-state index is 13.7. The average molecular weight is 611 g/mol. The minimum atomic E-state index is -4.46. The summed E-state index contributed by atoms with van der Waals surface area (Å²) in [5.74, 6) is -0.816. The molecule has 4 aromatic rings. The summed E-state index contributed by atoms with van der Waals surface area (Å²) in [5, 5.41) is 2.74. The smallest absolute Gasteiger partial charge is 0.397 e. The minimum Gasteiger partial charge on any atom is -0.467 e. The van der Waals surface area contributed by atoms with Gasteiger partial charge in [0.05, 0.1) is 22.5 Å². The van der Waals surface area contributed by atoms with Gasteiger partial charge in [0.1, 0.15) is 6.10 Å². The minimum absolute atomic E-state index is 0.00439. The first kappa shape index (κ1) is 30.0. The summed E-state index contributed by atoms with van der Waals surface area (Å²) < 4.78 is 76.2. The van der Waals surface area contributed by atoms with Gasteiger partial charge in [0.2, 0.25) is 11.8 Å². The molecule has 1 aliphatic heterocycles. The lowest BCUT2D eigenvalue weighted by Crippen LogP contribution is -2.36. The van der Waals surface area contributed by atoms with Crippen LogP contribution in [0.2, 0.25) is 0 Å². The molecule has 1 amide bonds. The van der Waals surface area contributed by atoms with Crippen molar-refractivity contribution >= 4 is 21.9 Å². The zero-order valence-electron chi connectivity index (χ0n) is 23.8. The molecular weight excluding hydrogens is 581 g/mol. The van der Waals surface area contributed by atoms with Gasteiger partial charge < -0.3 is 10.1 Å². The normalized spacial score (nSPS) is 16.9. The molecule has 224 valence electrons. The number of sulfonamides is 1. The summed E-state index contributed by atoms with van der Waals surface area (Å²) in [4.78, 5) is 21.7. The second-order valence-electron chi connectivity index (χ2n) is 10.9. The maximum Gasteiger partial charge on any atom is 0.397 e. The average Bonchev–Trinajstić information content (AvgIpc) is 2.94. The predicted molar refractivity (Wildman–Crippen MR) is 155 cm³/mol. The monoisotopic (exact) mass is 610 g/mol. The van der Waals surface area contributed by atoms with E-state index in [4.69, 9.17) is 4.74 Å². The largest absolute Gasteiger partial charge is 0.467 e. The maximum absolute atomic E-state index is 13.7. The fourth-order valence-corrected chi connectivity index (χ4v) is 5.79. The number of hydrogen-bond acceptors (Lipinski definition) is 6. The molecule has 3 aromatic carbocycles. The Labute approximate surface area is 247 Å². The Hall–Kier alpha value is -4.45. The molecule has 4 bridgehead atoms. The van der Waals surface area contributed by atoms with Crippen molar-refractivity contribution in [1.82, 2.24) is 15.3 Å². The number of nitrogens with zero attached hydrogens (tertiary/aromatic N) is 2. The summed E-state index contributed by atoms with van der Waals surface area (Å²) >= 11 is 0. The molecule has 0 spiro atoms. The summed E-state index contributed by atoms with van der Waals surface area (Å²) in [6.07, 6.45) is -5.37. The standard InChI is InChI=1S/C31H29F3N4O4S/c1-18-7-5-8-19(2)27(18)24-16-26-37-29(36-24)38-43(40,41)23-10-6-9-21(15-23)28(39)35-17-25(42-26)20-11-13-22(14-12-20)30(3,4)31(32,33)34/h5-16,25H,17H2,1-4H3,(H,35,39)(H,36,37,38)/t25-/m0/s1. The summed E-state index contributed by atoms with van der Waals surface area (Å²) in [6.45, 7) is 5.90. The lowest BCUT2D eigenvalue weighted by Gasteiger charge is -2.28. The van der Waals surface area contributed by atoms with Crippen molar-refractivity contribution in [2.75, 3.05) is 11.3 Å². The highest BCUT2D eigenvalue weighted by Crippen LogP contribution is 2.41. The molecule has 2 N–H and O–H groups in total. The second-order valence-corrected chi connectivity index (χ2v) is 12.6. The summed E-state index contributed by atoms with van der Waals surface area (Å²) in [5.41, 5.74) is 1.45. The number of carbonyl (C=O) groups is 1. The van der Waals surface area contributed by atoms with E-state index in [0.29, 0.717) is 11.3 Å². The first-order valence-corrected chi connectivity index (χ1v) is 14.8. The molecule has 5 rings (SSSR count). The van der Waals surface area contributed by atoms with Gasteiger partial charge in [0.25, 0.3) is 15.9 Å². The fraction of sp³-hybridized carbons (Fsp3) is 0.258. The van der Waals surface area contributed by atoms with Crippen LogP contribution in [0.25, 0.3) is 11.3 Å². The SMILES string of the molecule is Cc1cccc(C)c1-c1cc2nc(n1)NS(=O)(=O)c1cccc(c1)C(=O)NC[C@@H](c1ccc(C(C)(C)C(F)(F)F)cc1)O2. The molecular formula is C31H29F3N4O4S. The molecule has 1 aliphatic rings. The van der Waals surface area contributed by atoms with Gasteiger partial charge in [-0.2, -0.15) is 18.2 Å². The van der Waals surface area contributed by atoms with Gasteiger partial charge in [-0.15, -0.1) is 0 Å². The zero-order chi connectivity index (χ0) is 31.2. The lowest BCUT2D eigenvalue weighted by atomic mass is 9.83. The number of hydrogen-bond donors (Lipinski definition) is 2. The van der Waals surface area contributed by atoms with Gasteiger partial charge >= 0.3 is 6.18 Å². The number of amides is 1. The number of fused-ring (bicyclic) bond motifs is 4. The van der Waals surface area contributed by atoms with Crippen LogP contribution in [0.4, 0.5) is 19.1 Å². The van der Waals surface area contributed by atoms with E-state index >= 15 is 0 Å². The van der Waals surface area contributed by atoms with Crippen LogP contribution >= 0.6 is 0 Å². The highest BCUT2D eigenvalue weighted by Gasteiger charge is 2.48. The van der Waals surface area contributed by atoms with Crippen LogP contribution in [0, 0.1) is 13.8 Å². The van der Waals surface area contributed by atoms with Crippen molar-refractivity contribution in [3.05, 3.63) is 101 Å². The van der Waals surface area contributed by atoms with Crippen molar-refractivity contribution in [2.45, 2.75) is 50.3 Å². The van der Waals surface area contributed by atoms with Crippen molar-refractivity contribution < 1.29 is 31.1 Å². The number of rotatable bonds is 3. The molecule has 8 nitrogen and oxygen atoms in total. The molecule has 1 aromatic heterocycles. The number of anilines is 1. The van der Waals surface area contributed by atoms with Crippen LogP contribution in [0.5, 0.6) is 5.88 Å². The third-order valence-corrected chi connectivity index (χ3v) is 8.82. The van der Waals surface area contributed by atoms with Gasteiger partial charge in [0.15, 0.2) is 0 Å². The number of benzene rings is 3. The molecule has 2 heterocycles. The van der Waals surface area contributed by atoms with Gasteiger partial charge in [-0.25, -0.2) is 18.1 Å². The Bertz CT molecular complexity index is 1790. The van der Waals surface area contributed by atoms with E-state index in [2.05, 4.69) is 20.0 Å². The molecule has 0 aliphatic carbocycles. The number of aromatic nitrogens is 2. The van der Waals surface area contributed by atoms with Crippen LogP contribution in [0.15, 0.2) is 77.7 Å². The molecule has 0 saturated heterocycles. The van der Waals surface area contributed by atoms with Crippen LogP contribution in [-0.4, -0.2) is 37.0 Å². The number of carbonyl (C=O) groups excluding carboxylic acids is 1. The van der Waals surface area contributed by atoms with E-state index in [0.717, 1.165) is 30.5 Å². The first-order valence-electron chi connectivity index (χ1n) is 13.4. The van der Waals surface area contributed by atoms with Crippen LogP contribution in [0.1, 0.15) is 52.6 Å². The third kappa shape index (κ3) is 6.05. The number of ether oxygens (including phenoxy) is 1. The van der Waals surface area contributed by atoms with Crippen molar-refractivity contribution in [3.8, 4) is 17.1 Å². The Morgan fingerprint density at radius 3 is 2.21 bits per heavy atom. The van der Waals surface area contributed by atoms with Crippen molar-refractivity contribution in [2.24, 2.45) is 0 Å². The quantitative estimate of drug-likeness (QED) is 0.283. The highest BCUT2D eigenvalue weighted by atomic mass is 32.2. The summed E-state index contributed by atoms with van der Waals surface area (Å²) in [7, 11) is -4.20. The highest BCUT2D eigenvalue weighted by molar-refractivity contribution is 7.92. The van der Waals surface area contributed by atoms with Crippen LogP contribution < -0.4 is 14.8 Å². The molecule has 43 heavy (non-hydrogen) atoms.